The van der Waals surface area contributed by atoms with E-state index in [0.717, 1.165) is 19.3 Å². The fourth-order valence-corrected chi connectivity index (χ4v) is 1.93. The van der Waals surface area contributed by atoms with Crippen LogP contribution in [0.25, 0.3) is 0 Å². The summed E-state index contributed by atoms with van der Waals surface area (Å²) in [7, 11) is 0. The number of carbonyl (C=O) groups excluding carboxylic acids is 2. The van der Waals surface area contributed by atoms with Crippen molar-refractivity contribution < 1.29 is 22.8 Å². The number of nitrogens with zero attached hydrogens (tertiary/aromatic N) is 1. The molecule has 0 aromatic heterocycles. The third-order valence-corrected chi connectivity index (χ3v) is 3.45. The summed E-state index contributed by atoms with van der Waals surface area (Å²) in [6, 6.07) is -1.02. The first-order chi connectivity index (χ1) is 9.07. The number of piperidine rings is 1. The minimum atomic E-state index is -4.87. The van der Waals surface area contributed by atoms with Crippen LogP contribution in [-0.4, -0.2) is 47.6 Å². The van der Waals surface area contributed by atoms with E-state index in [1.54, 1.807) is 4.90 Å². The molecule has 1 saturated heterocycles. The number of halogens is 3. The summed E-state index contributed by atoms with van der Waals surface area (Å²) >= 11 is 0. The van der Waals surface area contributed by atoms with Gasteiger partial charge in [0.05, 0.1) is 0 Å². The maximum Gasteiger partial charge on any atom is 0.415 e. The molecule has 5 nitrogen and oxygen atoms in total. The topological polar surface area (TPSA) is 75.4 Å². The Morgan fingerprint density at radius 3 is 2.15 bits per heavy atom. The second kappa shape index (κ2) is 5.99. The first kappa shape index (κ1) is 16.7. The lowest BCUT2D eigenvalue weighted by atomic mass is 10.0. The van der Waals surface area contributed by atoms with Crippen LogP contribution >= 0.6 is 0 Å². The Hall–Kier alpha value is -1.31. The van der Waals surface area contributed by atoms with Crippen LogP contribution in [0.1, 0.15) is 33.1 Å². The summed E-state index contributed by atoms with van der Waals surface area (Å²) in [5.41, 5.74) is 1.99. The molecule has 8 heteroatoms. The van der Waals surface area contributed by atoms with Crippen LogP contribution in [0.2, 0.25) is 0 Å². The average Bonchev–Trinajstić information content (AvgIpc) is 2.37. The molecule has 1 fully saturated rings. The summed E-state index contributed by atoms with van der Waals surface area (Å²) in [6.07, 6.45) is -2.11. The molecular weight excluding hydrogens is 275 g/mol. The zero-order valence-electron chi connectivity index (χ0n) is 11.6. The van der Waals surface area contributed by atoms with Gasteiger partial charge >= 0.3 is 6.18 Å². The highest BCUT2D eigenvalue weighted by Crippen LogP contribution is 2.28. The molecule has 0 radical (unpaired) electrons. The SMILES string of the molecule is CC(NC(=O)C(C)(N)C(F)(F)F)C(=O)N1CCCCC1. The molecule has 1 heterocycles. The minimum absolute atomic E-state index is 0.379. The second-order valence-electron chi connectivity index (χ2n) is 5.28. The molecule has 0 bridgehead atoms. The van der Waals surface area contributed by atoms with Gasteiger partial charge in [0, 0.05) is 13.1 Å². The van der Waals surface area contributed by atoms with E-state index in [-0.39, 0.29) is 5.91 Å². The van der Waals surface area contributed by atoms with E-state index in [2.05, 4.69) is 0 Å². The Labute approximate surface area is 115 Å². The molecule has 20 heavy (non-hydrogen) atoms. The lowest BCUT2D eigenvalue weighted by molar-refractivity contribution is -0.188. The van der Waals surface area contributed by atoms with Crippen molar-refractivity contribution in [2.24, 2.45) is 5.73 Å². The van der Waals surface area contributed by atoms with Gasteiger partial charge in [-0.25, -0.2) is 0 Å². The first-order valence-electron chi connectivity index (χ1n) is 6.52. The molecule has 1 aliphatic rings. The van der Waals surface area contributed by atoms with Gasteiger partial charge in [0.1, 0.15) is 6.04 Å². The van der Waals surface area contributed by atoms with Crippen molar-refractivity contribution >= 4 is 11.8 Å². The third-order valence-electron chi connectivity index (χ3n) is 3.45. The Kier molecular flexibility index (Phi) is 5.01. The van der Waals surface area contributed by atoms with Gasteiger partial charge in [0.2, 0.25) is 11.8 Å². The highest BCUT2D eigenvalue weighted by molar-refractivity contribution is 5.92. The molecule has 116 valence electrons. The van der Waals surface area contributed by atoms with Crippen molar-refractivity contribution in [1.29, 1.82) is 0 Å². The lowest BCUT2D eigenvalue weighted by Gasteiger charge is -2.31. The predicted octanol–water partition coefficient (Wildman–Crippen LogP) is 0.783. The largest absolute Gasteiger partial charge is 0.415 e. The van der Waals surface area contributed by atoms with Crippen LogP contribution in [0, 0.1) is 0 Å². The Bertz CT molecular complexity index is 377. The highest BCUT2D eigenvalue weighted by Gasteiger charge is 2.54. The Morgan fingerprint density at radius 1 is 1.20 bits per heavy atom. The van der Waals surface area contributed by atoms with Gasteiger partial charge in [-0.05, 0) is 33.1 Å². The molecule has 2 unspecified atom stereocenters. The number of hydrogen-bond acceptors (Lipinski definition) is 3. The van der Waals surface area contributed by atoms with E-state index in [4.69, 9.17) is 5.73 Å². The van der Waals surface area contributed by atoms with E-state index >= 15 is 0 Å². The maximum absolute atomic E-state index is 12.6. The number of likely N-dealkylation sites (tertiary alicyclic amines) is 1. The standard InChI is InChI=1S/C12H20F3N3O2/c1-8(9(19)18-6-4-3-5-7-18)17-10(20)11(2,16)12(13,14)15/h8H,3-7,16H2,1-2H3,(H,17,20). The highest BCUT2D eigenvalue weighted by atomic mass is 19.4. The Morgan fingerprint density at radius 2 is 1.70 bits per heavy atom. The van der Waals surface area contributed by atoms with E-state index in [0.29, 0.717) is 20.0 Å². The number of hydrogen-bond donors (Lipinski definition) is 2. The van der Waals surface area contributed by atoms with Crippen molar-refractivity contribution in [3.05, 3.63) is 0 Å². The molecule has 1 rings (SSSR count). The van der Waals surface area contributed by atoms with Crippen molar-refractivity contribution in [3.63, 3.8) is 0 Å². The lowest BCUT2D eigenvalue weighted by Crippen LogP contribution is -2.63. The number of alkyl halides is 3. The van der Waals surface area contributed by atoms with Gasteiger partial charge in [-0.15, -0.1) is 0 Å². The fourth-order valence-electron chi connectivity index (χ4n) is 1.93. The number of amides is 2. The smallest absolute Gasteiger partial charge is 0.343 e. The number of nitrogens with two attached hydrogens (primary N) is 1. The Balaban J connectivity index is 2.63. The van der Waals surface area contributed by atoms with Gasteiger partial charge in [0.25, 0.3) is 0 Å². The van der Waals surface area contributed by atoms with Gasteiger partial charge in [-0.3, -0.25) is 9.59 Å². The molecule has 0 aromatic carbocycles. The van der Waals surface area contributed by atoms with Crippen molar-refractivity contribution in [2.45, 2.75) is 50.9 Å². The van der Waals surface area contributed by atoms with E-state index in [9.17, 15) is 22.8 Å². The molecule has 1 aliphatic heterocycles. The minimum Gasteiger partial charge on any atom is -0.343 e. The first-order valence-corrected chi connectivity index (χ1v) is 6.52. The monoisotopic (exact) mass is 295 g/mol. The van der Waals surface area contributed by atoms with Crippen LogP contribution in [-0.2, 0) is 9.59 Å². The quantitative estimate of drug-likeness (QED) is 0.808. The van der Waals surface area contributed by atoms with Gasteiger partial charge in [-0.1, -0.05) is 0 Å². The van der Waals surface area contributed by atoms with E-state index in [1.807, 2.05) is 5.32 Å². The summed E-state index contributed by atoms with van der Waals surface area (Å²) < 4.78 is 37.8. The predicted molar refractivity (Wildman–Crippen MR) is 66.7 cm³/mol. The molecule has 0 spiro atoms. The molecular formula is C12H20F3N3O2. The molecule has 0 aromatic rings. The van der Waals surface area contributed by atoms with Crippen LogP contribution in [0.5, 0.6) is 0 Å². The van der Waals surface area contributed by atoms with Crippen molar-refractivity contribution in [1.82, 2.24) is 10.2 Å². The summed E-state index contributed by atoms with van der Waals surface area (Å²) in [6.45, 7) is 3.08. The number of carbonyl (C=O) groups is 2. The second-order valence-corrected chi connectivity index (χ2v) is 5.28. The van der Waals surface area contributed by atoms with Gasteiger partial charge in [-0.2, -0.15) is 13.2 Å². The van der Waals surface area contributed by atoms with Crippen LogP contribution in [0.15, 0.2) is 0 Å². The van der Waals surface area contributed by atoms with Crippen molar-refractivity contribution in [3.8, 4) is 0 Å². The van der Waals surface area contributed by atoms with Crippen molar-refractivity contribution in [2.75, 3.05) is 13.1 Å². The van der Waals surface area contributed by atoms with Gasteiger partial charge in [0.15, 0.2) is 5.54 Å². The summed E-state index contributed by atoms with van der Waals surface area (Å²) in [5.74, 6) is -1.78. The van der Waals surface area contributed by atoms with Crippen LogP contribution in [0.4, 0.5) is 13.2 Å². The summed E-state index contributed by atoms with van der Waals surface area (Å²) in [4.78, 5) is 25.1. The van der Waals surface area contributed by atoms with Crippen LogP contribution in [0.3, 0.4) is 0 Å². The summed E-state index contributed by atoms with van der Waals surface area (Å²) in [5, 5.41) is 2.05. The molecule has 0 aliphatic carbocycles. The van der Waals surface area contributed by atoms with E-state index in [1.165, 1.54) is 6.92 Å². The van der Waals surface area contributed by atoms with E-state index < -0.39 is 23.7 Å². The number of rotatable bonds is 3. The molecule has 0 saturated carbocycles. The molecule has 2 amide bonds. The van der Waals surface area contributed by atoms with Crippen LogP contribution < -0.4 is 11.1 Å². The average molecular weight is 295 g/mol. The third kappa shape index (κ3) is 3.62. The molecule has 3 N–H and O–H groups in total. The fraction of sp³-hybridized carbons (Fsp3) is 0.833. The number of nitrogens with one attached hydrogen (secondary N) is 1. The zero-order valence-corrected chi connectivity index (χ0v) is 11.6. The maximum atomic E-state index is 12.6. The normalized spacial score (nSPS) is 21.0. The molecule has 2 atom stereocenters. The zero-order chi connectivity index (χ0) is 15.6. The van der Waals surface area contributed by atoms with Gasteiger partial charge < -0.3 is 16.0 Å².